The van der Waals surface area contributed by atoms with Crippen LogP contribution in [-0.4, -0.2) is 54.0 Å². The van der Waals surface area contributed by atoms with Crippen LogP contribution >= 0.6 is 0 Å². The van der Waals surface area contributed by atoms with Gasteiger partial charge in [-0.15, -0.1) is 0 Å². The third kappa shape index (κ3) is 3.64. The van der Waals surface area contributed by atoms with Crippen molar-refractivity contribution >= 4 is 23.4 Å². The van der Waals surface area contributed by atoms with E-state index in [2.05, 4.69) is 15.0 Å². The number of hydrogen-bond donors (Lipinski definition) is 1. The first kappa shape index (κ1) is 18.6. The van der Waals surface area contributed by atoms with Crippen molar-refractivity contribution in [3.05, 3.63) is 35.2 Å². The van der Waals surface area contributed by atoms with E-state index in [0.29, 0.717) is 44.3 Å². The van der Waals surface area contributed by atoms with Gasteiger partial charge in [-0.05, 0) is 30.2 Å². The number of nitrogens with two attached hydrogens (primary N) is 1. The number of methoxy groups -OCH3 is 1. The SMILES string of the molecule is COc1ccc(C2=Cc3c(C)nc(N)nc3N(CC3(F)CCOCC3)C2)cn1. The molecule has 2 aromatic rings. The molecule has 148 valence electrons. The van der Waals surface area contributed by atoms with Gasteiger partial charge in [-0.2, -0.15) is 4.98 Å². The van der Waals surface area contributed by atoms with Gasteiger partial charge in [0.05, 0.1) is 19.3 Å². The average molecular weight is 385 g/mol. The van der Waals surface area contributed by atoms with Crippen LogP contribution in [0, 0.1) is 6.92 Å². The van der Waals surface area contributed by atoms with Gasteiger partial charge >= 0.3 is 0 Å². The number of ether oxygens (including phenoxy) is 2. The molecule has 8 heteroatoms. The number of nitrogen functional groups attached to an aromatic ring is 1. The van der Waals surface area contributed by atoms with E-state index in [1.165, 1.54) is 0 Å². The van der Waals surface area contributed by atoms with Crippen LogP contribution in [0.5, 0.6) is 5.88 Å². The van der Waals surface area contributed by atoms with Crippen molar-refractivity contribution in [1.82, 2.24) is 15.0 Å². The molecule has 2 N–H and O–H groups in total. The van der Waals surface area contributed by atoms with E-state index < -0.39 is 5.67 Å². The van der Waals surface area contributed by atoms with Gasteiger partial charge in [-0.1, -0.05) is 0 Å². The molecule has 7 nitrogen and oxygen atoms in total. The number of nitrogens with zero attached hydrogens (tertiary/aromatic N) is 4. The zero-order chi connectivity index (χ0) is 19.7. The number of rotatable bonds is 4. The minimum Gasteiger partial charge on any atom is -0.481 e. The molecule has 0 saturated carbocycles. The average Bonchev–Trinajstić information content (AvgIpc) is 2.69. The van der Waals surface area contributed by atoms with Crippen molar-refractivity contribution in [3.8, 4) is 5.88 Å². The van der Waals surface area contributed by atoms with Crippen molar-refractivity contribution in [1.29, 1.82) is 0 Å². The second-order valence-corrected chi connectivity index (χ2v) is 7.28. The molecule has 1 fully saturated rings. The second-order valence-electron chi connectivity index (χ2n) is 7.28. The van der Waals surface area contributed by atoms with Crippen LogP contribution in [-0.2, 0) is 4.74 Å². The Kier molecular flexibility index (Phi) is 4.89. The molecule has 2 aliphatic heterocycles. The molecule has 0 atom stereocenters. The van der Waals surface area contributed by atoms with Crippen molar-refractivity contribution in [3.63, 3.8) is 0 Å². The van der Waals surface area contributed by atoms with Crippen molar-refractivity contribution in [2.45, 2.75) is 25.4 Å². The Morgan fingerprint density at radius 2 is 2.07 bits per heavy atom. The third-order valence-corrected chi connectivity index (χ3v) is 5.29. The van der Waals surface area contributed by atoms with E-state index in [0.717, 1.165) is 22.4 Å². The van der Waals surface area contributed by atoms with Gasteiger partial charge in [-0.3, -0.25) is 0 Å². The van der Waals surface area contributed by atoms with E-state index >= 15 is 4.39 Å². The number of aromatic nitrogens is 3. The number of hydrogen-bond acceptors (Lipinski definition) is 7. The maximum Gasteiger partial charge on any atom is 0.222 e. The Bertz CT molecular complexity index is 894. The third-order valence-electron chi connectivity index (χ3n) is 5.29. The summed E-state index contributed by atoms with van der Waals surface area (Å²) in [5.41, 5.74) is 8.17. The predicted octanol–water partition coefficient (Wildman–Crippen LogP) is 2.65. The summed E-state index contributed by atoms with van der Waals surface area (Å²) in [5.74, 6) is 1.43. The summed E-state index contributed by atoms with van der Waals surface area (Å²) in [6.07, 6.45) is 4.56. The highest BCUT2D eigenvalue weighted by molar-refractivity contribution is 5.90. The summed E-state index contributed by atoms with van der Waals surface area (Å²) in [6, 6.07) is 3.77. The molecule has 4 rings (SSSR count). The number of aryl methyl sites for hydroxylation is 1. The first-order chi connectivity index (χ1) is 13.5. The molecular formula is C20H24FN5O2. The molecule has 28 heavy (non-hydrogen) atoms. The van der Waals surface area contributed by atoms with E-state index in [4.69, 9.17) is 15.2 Å². The fourth-order valence-electron chi connectivity index (χ4n) is 3.73. The minimum absolute atomic E-state index is 0.198. The maximum atomic E-state index is 15.4. The van der Waals surface area contributed by atoms with E-state index in [1.807, 2.05) is 30.0 Å². The molecule has 0 aliphatic carbocycles. The quantitative estimate of drug-likeness (QED) is 0.866. The summed E-state index contributed by atoms with van der Waals surface area (Å²) in [5, 5.41) is 0. The van der Waals surface area contributed by atoms with Crippen LogP contribution < -0.4 is 15.4 Å². The Balaban J connectivity index is 1.72. The lowest BCUT2D eigenvalue weighted by molar-refractivity contribution is -0.00414. The molecule has 0 radical (unpaired) electrons. The number of pyridine rings is 1. The number of anilines is 2. The number of halogens is 1. The summed E-state index contributed by atoms with van der Waals surface area (Å²) >= 11 is 0. The molecule has 2 aliphatic rings. The van der Waals surface area contributed by atoms with E-state index in [-0.39, 0.29) is 12.5 Å². The monoisotopic (exact) mass is 385 g/mol. The zero-order valence-electron chi connectivity index (χ0n) is 16.1. The number of alkyl halides is 1. The van der Waals surface area contributed by atoms with E-state index in [1.54, 1.807) is 13.3 Å². The topological polar surface area (TPSA) is 86.4 Å². The van der Waals surface area contributed by atoms with Crippen molar-refractivity contribution < 1.29 is 13.9 Å². The Morgan fingerprint density at radius 1 is 1.29 bits per heavy atom. The van der Waals surface area contributed by atoms with Crippen molar-refractivity contribution in [2.24, 2.45) is 0 Å². The Labute approximate surface area is 163 Å². The molecular weight excluding hydrogens is 361 g/mol. The van der Waals surface area contributed by atoms with Gasteiger partial charge in [0.2, 0.25) is 11.8 Å². The Morgan fingerprint density at radius 3 is 2.75 bits per heavy atom. The molecule has 0 unspecified atom stereocenters. The smallest absolute Gasteiger partial charge is 0.222 e. The lowest BCUT2D eigenvalue weighted by Gasteiger charge is -2.38. The molecule has 2 aromatic heterocycles. The highest BCUT2D eigenvalue weighted by atomic mass is 19.1. The first-order valence-corrected chi connectivity index (χ1v) is 9.34. The van der Waals surface area contributed by atoms with Gasteiger partial charge in [0.1, 0.15) is 11.5 Å². The van der Waals surface area contributed by atoms with Crippen molar-refractivity contribution in [2.75, 3.05) is 44.0 Å². The van der Waals surface area contributed by atoms with Crippen LogP contribution in [0.15, 0.2) is 18.3 Å². The lowest BCUT2D eigenvalue weighted by atomic mass is 9.93. The van der Waals surface area contributed by atoms with Crippen LogP contribution in [0.1, 0.15) is 29.7 Å². The normalized spacial score (nSPS) is 18.4. The largest absolute Gasteiger partial charge is 0.481 e. The lowest BCUT2D eigenvalue weighted by Crippen LogP contribution is -2.45. The molecule has 0 amide bonds. The zero-order valence-corrected chi connectivity index (χ0v) is 16.1. The predicted molar refractivity (Wildman–Crippen MR) is 106 cm³/mol. The van der Waals surface area contributed by atoms with Crippen LogP contribution in [0.2, 0.25) is 0 Å². The summed E-state index contributed by atoms with van der Waals surface area (Å²) < 4.78 is 25.9. The fraction of sp³-hybridized carbons (Fsp3) is 0.450. The van der Waals surface area contributed by atoms with Crippen LogP contribution in [0.25, 0.3) is 11.6 Å². The molecule has 0 bridgehead atoms. The van der Waals surface area contributed by atoms with E-state index in [9.17, 15) is 0 Å². The molecule has 0 aromatic carbocycles. The second kappa shape index (κ2) is 7.35. The standard InChI is InChI=1S/C20H24FN5O2/c1-13-16-9-15(14-3-4-17(27-2)23-10-14)11-26(18(16)25-19(22)24-13)12-20(21)5-7-28-8-6-20/h3-4,9-10H,5-8,11-12H2,1-2H3,(H2,22,24,25). The van der Waals surface area contributed by atoms with Crippen LogP contribution in [0.3, 0.4) is 0 Å². The summed E-state index contributed by atoms with van der Waals surface area (Å²) in [4.78, 5) is 15.0. The summed E-state index contributed by atoms with van der Waals surface area (Å²) in [6.45, 7) is 3.52. The maximum absolute atomic E-state index is 15.4. The molecule has 1 saturated heterocycles. The van der Waals surface area contributed by atoms with Gasteiger partial charge in [0, 0.05) is 50.4 Å². The van der Waals surface area contributed by atoms with Crippen LogP contribution in [0.4, 0.5) is 16.2 Å². The fourth-order valence-corrected chi connectivity index (χ4v) is 3.73. The molecule has 0 spiro atoms. The highest BCUT2D eigenvalue weighted by Gasteiger charge is 2.36. The Hall–Kier alpha value is -2.74. The first-order valence-electron chi connectivity index (χ1n) is 9.34. The minimum atomic E-state index is -1.32. The van der Waals surface area contributed by atoms with Gasteiger partial charge in [0.15, 0.2) is 0 Å². The molecule has 4 heterocycles. The van der Waals surface area contributed by atoms with Gasteiger partial charge in [0.25, 0.3) is 0 Å². The number of fused-ring (bicyclic) bond motifs is 1. The highest BCUT2D eigenvalue weighted by Crippen LogP contribution is 2.36. The van der Waals surface area contributed by atoms with Gasteiger partial charge in [-0.25, -0.2) is 14.4 Å². The summed E-state index contributed by atoms with van der Waals surface area (Å²) in [7, 11) is 1.58. The van der Waals surface area contributed by atoms with Gasteiger partial charge < -0.3 is 20.1 Å².